The van der Waals surface area contributed by atoms with Crippen LogP contribution in [0.4, 0.5) is 10.5 Å². The van der Waals surface area contributed by atoms with E-state index in [4.69, 9.17) is 9.47 Å². The van der Waals surface area contributed by atoms with Crippen molar-refractivity contribution in [2.75, 3.05) is 31.6 Å². The average molecular weight is 437 g/mol. The third kappa shape index (κ3) is 4.50. The molecule has 0 unspecified atom stereocenters. The van der Waals surface area contributed by atoms with Gasteiger partial charge in [-0.2, -0.15) is 0 Å². The van der Waals surface area contributed by atoms with Crippen molar-refractivity contribution in [3.05, 3.63) is 60.1 Å². The fourth-order valence-electron chi connectivity index (χ4n) is 4.44. The number of fused-ring (bicyclic) bond motifs is 1. The van der Waals surface area contributed by atoms with Crippen molar-refractivity contribution < 1.29 is 19.1 Å². The minimum atomic E-state index is -0.249. The third-order valence-corrected chi connectivity index (χ3v) is 6.25. The van der Waals surface area contributed by atoms with Gasteiger partial charge in [0.05, 0.1) is 6.54 Å². The summed E-state index contributed by atoms with van der Waals surface area (Å²) in [5.41, 5.74) is 2.86. The first-order valence-electron chi connectivity index (χ1n) is 11.2. The van der Waals surface area contributed by atoms with E-state index < -0.39 is 0 Å². The number of ether oxygens (including phenoxy) is 2. The van der Waals surface area contributed by atoms with Gasteiger partial charge in [0.25, 0.3) is 5.91 Å². The summed E-state index contributed by atoms with van der Waals surface area (Å²) in [7, 11) is 0. The molecular weight excluding hydrogens is 408 g/mol. The summed E-state index contributed by atoms with van der Waals surface area (Å²) in [6.07, 6.45) is 10.8. The largest absolute Gasteiger partial charge is 0.490 e. The highest BCUT2D eigenvalue weighted by atomic mass is 16.5. The summed E-state index contributed by atoms with van der Waals surface area (Å²) in [6, 6.07) is 7.27. The maximum absolute atomic E-state index is 12.6. The van der Waals surface area contributed by atoms with Crippen molar-refractivity contribution in [2.45, 2.75) is 37.9 Å². The lowest BCUT2D eigenvalue weighted by Crippen LogP contribution is -2.45. The minimum absolute atomic E-state index is 0.0819. The molecular formula is C24H28N4O4. The average Bonchev–Trinajstić information content (AvgIpc) is 3.51. The van der Waals surface area contributed by atoms with Gasteiger partial charge < -0.3 is 25.0 Å². The summed E-state index contributed by atoms with van der Waals surface area (Å²) in [4.78, 5) is 28.6. The Morgan fingerprint density at radius 2 is 1.94 bits per heavy atom. The van der Waals surface area contributed by atoms with Gasteiger partial charge in [-0.05, 0) is 54.3 Å². The minimum Gasteiger partial charge on any atom is -0.490 e. The van der Waals surface area contributed by atoms with Gasteiger partial charge in [0.15, 0.2) is 0 Å². The molecule has 0 aromatic heterocycles. The highest BCUT2D eigenvalue weighted by Crippen LogP contribution is 2.25. The van der Waals surface area contributed by atoms with Crippen LogP contribution in [0.15, 0.2) is 60.1 Å². The maximum Gasteiger partial charge on any atom is 0.326 e. The van der Waals surface area contributed by atoms with E-state index in [1.54, 1.807) is 4.90 Å². The van der Waals surface area contributed by atoms with Crippen LogP contribution in [0.1, 0.15) is 25.7 Å². The van der Waals surface area contributed by atoms with Gasteiger partial charge in [0.2, 0.25) is 0 Å². The van der Waals surface area contributed by atoms with E-state index in [1.807, 2.05) is 53.8 Å². The van der Waals surface area contributed by atoms with Gasteiger partial charge in [0.1, 0.15) is 18.0 Å². The molecule has 1 aromatic carbocycles. The third-order valence-electron chi connectivity index (χ3n) is 6.25. The van der Waals surface area contributed by atoms with Crippen molar-refractivity contribution in [3.63, 3.8) is 0 Å². The zero-order valence-electron chi connectivity index (χ0n) is 18.0. The zero-order chi connectivity index (χ0) is 21.9. The smallest absolute Gasteiger partial charge is 0.326 e. The molecule has 2 saturated heterocycles. The van der Waals surface area contributed by atoms with Crippen LogP contribution in [0, 0.1) is 0 Å². The standard InChI is InChI=1S/C24H28N4O4/c29-23(22-2-1-13-31-22)27-11-8-21(9-12-27)32-20-5-3-19(4-6-20)26-24(30)28-15-17-7-10-25-14-18(17)16-28/h3-7,10,14-15,21-22,25H,1-2,8-9,11-13,16H2,(H,26,30)/t22-/m0/s1. The predicted molar refractivity (Wildman–Crippen MR) is 120 cm³/mol. The number of allylic oxidation sites excluding steroid dienone is 1. The number of carbonyl (C=O) groups excluding carboxylic acids is 2. The Balaban J connectivity index is 1.09. The SMILES string of the molecule is O=C(Nc1ccc(OC2CCN(C(=O)[C@@H]3CCCO3)CC2)cc1)N1C=C2C=CNC=C2C1. The number of dihydropyridines is 1. The van der Waals surface area contributed by atoms with Crippen LogP contribution in [0.25, 0.3) is 0 Å². The number of nitrogens with one attached hydrogen (secondary N) is 2. The fourth-order valence-corrected chi connectivity index (χ4v) is 4.44. The number of anilines is 1. The summed E-state index contributed by atoms with van der Waals surface area (Å²) >= 11 is 0. The van der Waals surface area contributed by atoms with E-state index in [0.29, 0.717) is 26.2 Å². The van der Waals surface area contributed by atoms with E-state index >= 15 is 0 Å². The molecule has 5 rings (SSSR count). The number of carbonyl (C=O) groups is 2. The number of nitrogens with zero attached hydrogens (tertiary/aromatic N) is 2. The summed E-state index contributed by atoms with van der Waals surface area (Å²) < 4.78 is 11.6. The Kier molecular flexibility index (Phi) is 5.85. The lowest BCUT2D eigenvalue weighted by molar-refractivity contribution is -0.142. The predicted octanol–water partition coefficient (Wildman–Crippen LogP) is 2.97. The van der Waals surface area contributed by atoms with E-state index in [9.17, 15) is 9.59 Å². The molecule has 2 fully saturated rings. The van der Waals surface area contributed by atoms with Crippen molar-refractivity contribution in [3.8, 4) is 5.75 Å². The van der Waals surface area contributed by atoms with Gasteiger partial charge in [0, 0.05) is 56.8 Å². The Morgan fingerprint density at radius 3 is 2.66 bits per heavy atom. The van der Waals surface area contributed by atoms with E-state index in [2.05, 4.69) is 10.6 Å². The van der Waals surface area contributed by atoms with E-state index in [1.165, 1.54) is 0 Å². The van der Waals surface area contributed by atoms with Crippen LogP contribution >= 0.6 is 0 Å². The van der Waals surface area contributed by atoms with Crippen LogP contribution in [-0.2, 0) is 9.53 Å². The molecule has 3 amide bonds. The fraction of sp³-hybridized carbons (Fsp3) is 0.417. The second kappa shape index (κ2) is 9.08. The van der Waals surface area contributed by atoms with Crippen LogP contribution in [0.3, 0.4) is 0 Å². The van der Waals surface area contributed by atoms with Crippen molar-refractivity contribution in [1.82, 2.24) is 15.1 Å². The number of benzene rings is 1. The molecule has 1 atom stereocenters. The molecule has 168 valence electrons. The number of hydrogen-bond donors (Lipinski definition) is 2. The van der Waals surface area contributed by atoms with Gasteiger partial charge in [-0.25, -0.2) is 4.79 Å². The number of piperidine rings is 1. The quantitative estimate of drug-likeness (QED) is 0.758. The molecule has 8 nitrogen and oxygen atoms in total. The molecule has 4 aliphatic heterocycles. The second-order valence-corrected chi connectivity index (χ2v) is 8.48. The number of likely N-dealkylation sites (tertiary alicyclic amines) is 1. The Morgan fingerprint density at radius 1 is 1.12 bits per heavy atom. The molecule has 8 heteroatoms. The van der Waals surface area contributed by atoms with Gasteiger partial charge in [-0.3, -0.25) is 9.69 Å². The van der Waals surface area contributed by atoms with E-state index in [-0.39, 0.29) is 24.1 Å². The maximum atomic E-state index is 12.6. The molecule has 2 N–H and O–H groups in total. The molecule has 32 heavy (non-hydrogen) atoms. The lowest BCUT2D eigenvalue weighted by Gasteiger charge is -2.33. The Hall–Kier alpha value is -3.26. The zero-order valence-corrected chi connectivity index (χ0v) is 18.0. The lowest BCUT2D eigenvalue weighted by atomic mass is 10.1. The number of hydrogen-bond acceptors (Lipinski definition) is 5. The highest BCUT2D eigenvalue weighted by Gasteiger charge is 2.31. The van der Waals surface area contributed by atoms with Crippen LogP contribution in [-0.4, -0.2) is 60.2 Å². The second-order valence-electron chi connectivity index (χ2n) is 8.48. The molecule has 4 aliphatic rings. The van der Waals surface area contributed by atoms with E-state index in [0.717, 1.165) is 48.3 Å². The van der Waals surface area contributed by atoms with Crippen molar-refractivity contribution in [1.29, 1.82) is 0 Å². The van der Waals surface area contributed by atoms with Gasteiger partial charge >= 0.3 is 6.03 Å². The highest BCUT2D eigenvalue weighted by molar-refractivity contribution is 5.91. The van der Waals surface area contributed by atoms with Crippen LogP contribution < -0.4 is 15.4 Å². The first kappa shape index (κ1) is 20.6. The Labute approximate surface area is 187 Å². The monoisotopic (exact) mass is 436 g/mol. The first-order valence-corrected chi connectivity index (χ1v) is 11.2. The summed E-state index contributed by atoms with van der Waals surface area (Å²) in [6.45, 7) is 2.64. The molecule has 0 spiro atoms. The molecule has 0 aliphatic carbocycles. The number of rotatable bonds is 4. The van der Waals surface area contributed by atoms with Crippen LogP contribution in [0.5, 0.6) is 5.75 Å². The van der Waals surface area contributed by atoms with Gasteiger partial charge in [-0.15, -0.1) is 0 Å². The van der Waals surface area contributed by atoms with Crippen LogP contribution in [0.2, 0.25) is 0 Å². The molecule has 1 aromatic rings. The molecule has 4 heterocycles. The molecule has 0 bridgehead atoms. The molecule has 0 saturated carbocycles. The van der Waals surface area contributed by atoms with Crippen molar-refractivity contribution >= 4 is 17.6 Å². The molecule has 0 radical (unpaired) electrons. The number of amides is 3. The summed E-state index contributed by atoms with van der Waals surface area (Å²) in [5, 5.41) is 5.97. The topological polar surface area (TPSA) is 83.1 Å². The first-order chi connectivity index (χ1) is 15.7. The van der Waals surface area contributed by atoms with Gasteiger partial charge in [-0.1, -0.05) is 0 Å². The summed E-state index contributed by atoms with van der Waals surface area (Å²) in [5.74, 6) is 0.889. The normalized spacial score (nSPS) is 22.7. The van der Waals surface area contributed by atoms with Crippen molar-refractivity contribution in [2.24, 2.45) is 0 Å². The Bertz CT molecular complexity index is 955. The number of urea groups is 1.